The Hall–Kier alpha value is -4.33. The van der Waals surface area contributed by atoms with Gasteiger partial charge in [-0.15, -0.1) is 0 Å². The monoisotopic (exact) mass is 519 g/mol. The van der Waals surface area contributed by atoms with Crippen LogP contribution in [-0.4, -0.2) is 36.8 Å². The molecule has 38 heavy (non-hydrogen) atoms. The Bertz CT molecular complexity index is 1270. The van der Waals surface area contributed by atoms with Crippen LogP contribution in [0.25, 0.3) is 11.1 Å². The summed E-state index contributed by atoms with van der Waals surface area (Å²) in [5, 5.41) is 2.58. The molecule has 0 bridgehead atoms. The van der Waals surface area contributed by atoms with Crippen molar-refractivity contribution in [2.75, 3.05) is 7.11 Å². The van der Waals surface area contributed by atoms with Crippen LogP contribution in [0.4, 0.5) is 4.79 Å². The molecule has 0 saturated heterocycles. The molecule has 0 aliphatic rings. The molecule has 0 aromatic heterocycles. The molecule has 8 nitrogen and oxygen atoms in total. The number of hydrogen-bond acceptors (Lipinski definition) is 7. The van der Waals surface area contributed by atoms with Gasteiger partial charge in [-0.25, -0.2) is 9.59 Å². The molecule has 0 radical (unpaired) electrons. The van der Waals surface area contributed by atoms with Crippen LogP contribution in [0.5, 0.6) is 11.5 Å². The average molecular weight is 520 g/mol. The van der Waals surface area contributed by atoms with E-state index < -0.39 is 29.7 Å². The summed E-state index contributed by atoms with van der Waals surface area (Å²) in [6.07, 6.45) is -0.615. The van der Waals surface area contributed by atoms with Crippen molar-refractivity contribution in [1.29, 1.82) is 0 Å². The van der Waals surface area contributed by atoms with E-state index in [0.29, 0.717) is 34.8 Å². The summed E-state index contributed by atoms with van der Waals surface area (Å²) in [4.78, 5) is 36.7. The Kier molecular flexibility index (Phi) is 9.49. The molecule has 0 saturated carbocycles. The van der Waals surface area contributed by atoms with Crippen molar-refractivity contribution in [2.24, 2.45) is 0 Å². The Morgan fingerprint density at radius 2 is 1.53 bits per heavy atom. The van der Waals surface area contributed by atoms with E-state index >= 15 is 0 Å². The number of rotatable bonds is 9. The number of alkyl carbamates (subject to hydrolysis) is 1. The van der Waals surface area contributed by atoms with Gasteiger partial charge in [0.25, 0.3) is 0 Å². The van der Waals surface area contributed by atoms with Crippen LogP contribution in [-0.2, 0) is 32.1 Å². The maximum Gasteiger partial charge on any atom is 0.408 e. The minimum absolute atomic E-state index is 0.117. The van der Waals surface area contributed by atoms with Crippen LogP contribution in [0.3, 0.4) is 0 Å². The highest BCUT2D eigenvalue weighted by Crippen LogP contribution is 2.38. The molecule has 0 unspecified atom stereocenters. The fourth-order valence-electron chi connectivity index (χ4n) is 3.73. The van der Waals surface area contributed by atoms with Crippen LogP contribution in [0, 0.1) is 0 Å². The minimum atomic E-state index is -0.994. The van der Waals surface area contributed by atoms with Crippen LogP contribution >= 0.6 is 0 Å². The summed E-state index contributed by atoms with van der Waals surface area (Å²) in [6.45, 7) is 6.88. The topological polar surface area (TPSA) is 100 Å². The lowest BCUT2D eigenvalue weighted by Crippen LogP contribution is -2.45. The second-order valence-corrected chi connectivity index (χ2v) is 9.62. The van der Waals surface area contributed by atoms with E-state index in [1.165, 1.54) is 14.0 Å². The lowest BCUT2D eigenvalue weighted by Gasteiger charge is -2.23. The van der Waals surface area contributed by atoms with Gasteiger partial charge in [-0.2, -0.15) is 0 Å². The van der Waals surface area contributed by atoms with Crippen LogP contribution in [0.1, 0.15) is 38.8 Å². The predicted molar refractivity (Wildman–Crippen MR) is 143 cm³/mol. The number of carbonyl (C=O) groups excluding carboxylic acids is 3. The molecule has 0 spiro atoms. The van der Waals surface area contributed by atoms with Gasteiger partial charge in [-0.05, 0) is 50.1 Å². The molecule has 0 aliphatic heterocycles. The quantitative estimate of drug-likeness (QED) is 0.296. The van der Waals surface area contributed by atoms with E-state index in [1.54, 1.807) is 39.0 Å². The van der Waals surface area contributed by atoms with E-state index in [4.69, 9.17) is 18.9 Å². The lowest BCUT2D eigenvalue weighted by atomic mass is 9.97. The SMILES string of the molecule is COC(=O)[C@H](Cc1ccc(OC(C)=O)c(-c2ccccc2OCc2ccccc2)c1)NC(=O)OC(C)(C)C. The van der Waals surface area contributed by atoms with E-state index in [1.807, 2.05) is 54.6 Å². The van der Waals surface area contributed by atoms with Crippen molar-refractivity contribution in [3.8, 4) is 22.6 Å². The maximum atomic E-state index is 12.5. The highest BCUT2D eigenvalue weighted by Gasteiger charge is 2.26. The van der Waals surface area contributed by atoms with Gasteiger partial charge in [0.1, 0.15) is 29.7 Å². The molecule has 200 valence electrons. The number of methoxy groups -OCH3 is 1. The normalized spacial score (nSPS) is 11.7. The zero-order chi connectivity index (χ0) is 27.7. The molecule has 1 N–H and O–H groups in total. The van der Waals surface area contributed by atoms with Gasteiger partial charge in [-0.1, -0.05) is 54.6 Å². The predicted octanol–water partition coefficient (Wildman–Crippen LogP) is 5.47. The van der Waals surface area contributed by atoms with Gasteiger partial charge < -0.3 is 24.3 Å². The molecule has 3 aromatic rings. The second-order valence-electron chi connectivity index (χ2n) is 9.62. The van der Waals surface area contributed by atoms with Crippen molar-refractivity contribution < 1.29 is 33.3 Å². The van der Waals surface area contributed by atoms with Gasteiger partial charge >= 0.3 is 18.0 Å². The summed E-state index contributed by atoms with van der Waals surface area (Å²) in [7, 11) is 1.25. The van der Waals surface area contributed by atoms with Crippen molar-refractivity contribution in [3.63, 3.8) is 0 Å². The molecule has 8 heteroatoms. The zero-order valence-corrected chi connectivity index (χ0v) is 22.3. The van der Waals surface area contributed by atoms with E-state index in [2.05, 4.69) is 5.32 Å². The molecule has 1 amide bonds. The van der Waals surface area contributed by atoms with Gasteiger partial charge in [-0.3, -0.25) is 4.79 Å². The minimum Gasteiger partial charge on any atom is -0.488 e. The smallest absolute Gasteiger partial charge is 0.408 e. The second kappa shape index (κ2) is 12.8. The largest absolute Gasteiger partial charge is 0.488 e. The lowest BCUT2D eigenvalue weighted by molar-refractivity contribution is -0.143. The first-order valence-electron chi connectivity index (χ1n) is 12.2. The van der Waals surface area contributed by atoms with Crippen molar-refractivity contribution in [1.82, 2.24) is 5.32 Å². The van der Waals surface area contributed by atoms with Gasteiger partial charge in [0.05, 0.1) is 7.11 Å². The van der Waals surface area contributed by atoms with Crippen LogP contribution in [0.2, 0.25) is 0 Å². The van der Waals surface area contributed by atoms with E-state index in [0.717, 1.165) is 5.56 Å². The Labute approximate surface area is 222 Å². The molecular formula is C30H33NO7. The van der Waals surface area contributed by atoms with Crippen LogP contribution in [0.15, 0.2) is 72.8 Å². The molecule has 3 rings (SSSR count). The number of benzene rings is 3. The number of para-hydroxylation sites is 1. The van der Waals surface area contributed by atoms with E-state index in [-0.39, 0.29) is 6.42 Å². The van der Waals surface area contributed by atoms with Crippen molar-refractivity contribution in [3.05, 3.63) is 83.9 Å². The molecule has 0 fully saturated rings. The zero-order valence-electron chi connectivity index (χ0n) is 22.3. The fourth-order valence-corrected chi connectivity index (χ4v) is 3.73. The third-order valence-corrected chi connectivity index (χ3v) is 5.33. The number of hydrogen-bond donors (Lipinski definition) is 1. The van der Waals surface area contributed by atoms with Crippen molar-refractivity contribution in [2.45, 2.75) is 52.4 Å². The Morgan fingerprint density at radius 1 is 0.842 bits per heavy atom. The Morgan fingerprint density at radius 3 is 2.18 bits per heavy atom. The highest BCUT2D eigenvalue weighted by molar-refractivity contribution is 5.83. The third-order valence-electron chi connectivity index (χ3n) is 5.33. The molecular weight excluding hydrogens is 486 g/mol. The maximum absolute atomic E-state index is 12.5. The number of amides is 1. The van der Waals surface area contributed by atoms with E-state index in [9.17, 15) is 14.4 Å². The summed E-state index contributed by atoms with van der Waals surface area (Å²) in [6, 6.07) is 21.4. The Balaban J connectivity index is 1.94. The summed E-state index contributed by atoms with van der Waals surface area (Å²) >= 11 is 0. The number of ether oxygens (including phenoxy) is 4. The number of nitrogens with one attached hydrogen (secondary N) is 1. The summed E-state index contributed by atoms with van der Waals surface area (Å²) in [5.74, 6) is -0.154. The van der Waals surface area contributed by atoms with Crippen molar-refractivity contribution >= 4 is 18.0 Å². The molecule has 0 heterocycles. The average Bonchev–Trinajstić information content (AvgIpc) is 2.87. The molecule has 0 aliphatic carbocycles. The van der Waals surface area contributed by atoms with Gasteiger partial charge in [0.2, 0.25) is 0 Å². The first kappa shape index (κ1) is 28.2. The van der Waals surface area contributed by atoms with Gasteiger partial charge in [0, 0.05) is 24.5 Å². The first-order chi connectivity index (χ1) is 18.1. The number of carbonyl (C=O) groups is 3. The third kappa shape index (κ3) is 8.37. The molecule has 3 aromatic carbocycles. The van der Waals surface area contributed by atoms with Crippen LogP contribution < -0.4 is 14.8 Å². The summed E-state index contributed by atoms with van der Waals surface area (Å²) in [5.41, 5.74) is 2.27. The molecule has 1 atom stereocenters. The summed E-state index contributed by atoms with van der Waals surface area (Å²) < 4.78 is 21.8. The standard InChI is InChI=1S/C30H33NO7/c1-20(32)37-27-16-15-22(18-25(28(33)35-5)31-29(34)38-30(2,3)4)17-24(27)23-13-9-10-14-26(23)36-19-21-11-7-6-8-12-21/h6-17,25H,18-19H2,1-5H3,(H,31,34)/t25-/m0/s1. The highest BCUT2D eigenvalue weighted by atomic mass is 16.6. The van der Waals surface area contributed by atoms with Gasteiger partial charge in [0.15, 0.2) is 0 Å². The fraction of sp³-hybridized carbons (Fsp3) is 0.300. The first-order valence-corrected chi connectivity index (χ1v) is 12.2. The number of esters is 2.